The first kappa shape index (κ1) is 28.7. The fourth-order valence-electron chi connectivity index (χ4n) is 5.46. The molecule has 4 amide bonds. The standard InChI is InChI=1S/C28H35FN4O5S/c1-4-5-14-28(21-6-8-22(29)9-7-21)26(35)33(27(36)31-28)18-25(34)30-23-10-12-24(13-11-23)39(37,38)32-16-19(2)15-20(3)17-32/h6-13,19-20H,4-5,14-18H2,1-3H3,(H,30,34)(H,31,36)/t19-,20+,28-/m0/s1. The van der Waals surface area contributed by atoms with E-state index in [9.17, 15) is 27.2 Å². The number of carbonyl (C=O) groups is 3. The van der Waals surface area contributed by atoms with Crippen LogP contribution in [0.4, 0.5) is 14.9 Å². The molecule has 0 bridgehead atoms. The predicted molar refractivity (Wildman–Crippen MR) is 145 cm³/mol. The van der Waals surface area contributed by atoms with Crippen molar-refractivity contribution < 1.29 is 27.2 Å². The first-order chi connectivity index (χ1) is 18.5. The molecule has 0 saturated carbocycles. The van der Waals surface area contributed by atoms with Gasteiger partial charge in [0.15, 0.2) is 0 Å². The van der Waals surface area contributed by atoms with E-state index >= 15 is 0 Å². The maximum atomic E-state index is 13.5. The molecular weight excluding hydrogens is 523 g/mol. The summed E-state index contributed by atoms with van der Waals surface area (Å²) in [5.41, 5.74) is -0.587. The highest BCUT2D eigenvalue weighted by Gasteiger charge is 2.52. The van der Waals surface area contributed by atoms with Crippen molar-refractivity contribution in [2.24, 2.45) is 11.8 Å². The van der Waals surface area contributed by atoms with E-state index in [4.69, 9.17) is 0 Å². The number of rotatable bonds is 9. The Morgan fingerprint density at radius 1 is 1.05 bits per heavy atom. The highest BCUT2D eigenvalue weighted by molar-refractivity contribution is 7.89. The van der Waals surface area contributed by atoms with Gasteiger partial charge in [-0.2, -0.15) is 4.31 Å². The van der Waals surface area contributed by atoms with Gasteiger partial charge in [-0.3, -0.25) is 14.5 Å². The van der Waals surface area contributed by atoms with Crippen molar-refractivity contribution in [1.82, 2.24) is 14.5 Å². The van der Waals surface area contributed by atoms with Crippen LogP contribution in [0.15, 0.2) is 53.4 Å². The minimum Gasteiger partial charge on any atom is -0.325 e. The molecule has 0 unspecified atom stereocenters. The van der Waals surface area contributed by atoms with Gasteiger partial charge in [0, 0.05) is 18.8 Å². The molecule has 210 valence electrons. The maximum Gasteiger partial charge on any atom is 0.325 e. The van der Waals surface area contributed by atoms with E-state index in [1.165, 1.54) is 52.8 Å². The van der Waals surface area contributed by atoms with Crippen LogP contribution < -0.4 is 10.6 Å². The average molecular weight is 559 g/mol. The number of nitrogens with zero attached hydrogens (tertiary/aromatic N) is 2. The quantitative estimate of drug-likeness (QED) is 0.450. The molecule has 9 nitrogen and oxygen atoms in total. The molecule has 2 aliphatic heterocycles. The number of carbonyl (C=O) groups excluding carboxylic acids is 3. The van der Waals surface area contributed by atoms with Gasteiger partial charge in [0.25, 0.3) is 5.91 Å². The van der Waals surface area contributed by atoms with Crippen molar-refractivity contribution in [2.75, 3.05) is 25.0 Å². The van der Waals surface area contributed by atoms with Crippen molar-refractivity contribution in [3.8, 4) is 0 Å². The van der Waals surface area contributed by atoms with Crippen LogP contribution in [0.3, 0.4) is 0 Å². The van der Waals surface area contributed by atoms with E-state index in [1.807, 2.05) is 20.8 Å². The fraction of sp³-hybridized carbons (Fsp3) is 0.464. The van der Waals surface area contributed by atoms with E-state index in [0.29, 0.717) is 37.2 Å². The van der Waals surface area contributed by atoms with Gasteiger partial charge in [0.2, 0.25) is 15.9 Å². The Morgan fingerprint density at radius 2 is 1.67 bits per heavy atom. The Kier molecular flexibility index (Phi) is 8.41. The second-order valence-corrected chi connectivity index (χ2v) is 12.6. The van der Waals surface area contributed by atoms with Gasteiger partial charge in [0.05, 0.1) is 4.90 Å². The highest BCUT2D eigenvalue weighted by Crippen LogP contribution is 2.34. The van der Waals surface area contributed by atoms with Crippen LogP contribution in [0.5, 0.6) is 0 Å². The number of unbranched alkanes of at least 4 members (excludes halogenated alkanes) is 1. The highest BCUT2D eigenvalue weighted by atomic mass is 32.2. The number of amides is 4. The zero-order valence-electron chi connectivity index (χ0n) is 22.4. The number of anilines is 1. The van der Waals surface area contributed by atoms with Gasteiger partial charge < -0.3 is 10.6 Å². The van der Waals surface area contributed by atoms with Gasteiger partial charge in [0.1, 0.15) is 17.9 Å². The molecule has 3 atom stereocenters. The molecule has 0 spiro atoms. The molecule has 39 heavy (non-hydrogen) atoms. The minimum atomic E-state index is -3.66. The molecule has 0 radical (unpaired) electrons. The van der Waals surface area contributed by atoms with Crippen LogP contribution >= 0.6 is 0 Å². The SMILES string of the molecule is CCCC[C@@]1(c2ccc(F)cc2)NC(=O)N(CC(=O)Nc2ccc(S(=O)(=O)N3C[C@H](C)C[C@H](C)C3)cc2)C1=O. The van der Waals surface area contributed by atoms with Crippen molar-refractivity contribution in [1.29, 1.82) is 0 Å². The smallest absolute Gasteiger partial charge is 0.325 e. The van der Waals surface area contributed by atoms with Crippen LogP contribution in [-0.4, -0.2) is 55.1 Å². The fourth-order valence-corrected chi connectivity index (χ4v) is 7.14. The van der Waals surface area contributed by atoms with Crippen molar-refractivity contribution >= 4 is 33.6 Å². The first-order valence-corrected chi connectivity index (χ1v) is 14.7. The molecule has 4 rings (SSSR count). The van der Waals surface area contributed by atoms with Gasteiger partial charge in [-0.15, -0.1) is 0 Å². The van der Waals surface area contributed by atoms with E-state index < -0.39 is 45.8 Å². The molecule has 2 N–H and O–H groups in total. The maximum absolute atomic E-state index is 13.5. The Morgan fingerprint density at radius 3 is 2.26 bits per heavy atom. The summed E-state index contributed by atoms with van der Waals surface area (Å²) in [6.07, 6.45) is 2.70. The van der Waals surface area contributed by atoms with E-state index in [1.54, 1.807) is 0 Å². The molecule has 2 aliphatic rings. The van der Waals surface area contributed by atoms with Crippen molar-refractivity contribution in [2.45, 2.75) is 56.9 Å². The normalized spacial score (nSPS) is 24.1. The number of halogens is 1. The Balaban J connectivity index is 1.45. The third-order valence-electron chi connectivity index (χ3n) is 7.33. The molecule has 2 fully saturated rings. The number of nitrogens with one attached hydrogen (secondary N) is 2. The van der Waals surface area contributed by atoms with E-state index in [-0.39, 0.29) is 16.7 Å². The van der Waals surface area contributed by atoms with Crippen molar-refractivity contribution in [3.63, 3.8) is 0 Å². The van der Waals surface area contributed by atoms with Crippen LogP contribution in [-0.2, 0) is 25.2 Å². The van der Waals surface area contributed by atoms with E-state index in [0.717, 1.165) is 17.7 Å². The number of piperidine rings is 1. The topological polar surface area (TPSA) is 116 Å². The number of benzene rings is 2. The monoisotopic (exact) mass is 558 g/mol. The lowest BCUT2D eigenvalue weighted by atomic mass is 9.85. The van der Waals surface area contributed by atoms with Crippen LogP contribution in [0.1, 0.15) is 52.0 Å². The Labute approximate surface area is 228 Å². The van der Waals surface area contributed by atoms with Gasteiger partial charge >= 0.3 is 6.03 Å². The van der Waals surface area contributed by atoms with Gasteiger partial charge in [-0.1, -0.05) is 45.7 Å². The largest absolute Gasteiger partial charge is 0.325 e. The second-order valence-electron chi connectivity index (χ2n) is 10.7. The number of urea groups is 1. The molecule has 2 saturated heterocycles. The molecule has 0 aliphatic carbocycles. The Hall–Kier alpha value is -3.31. The summed E-state index contributed by atoms with van der Waals surface area (Å²) in [6, 6.07) is 10.5. The summed E-state index contributed by atoms with van der Waals surface area (Å²) in [6.45, 7) is 6.44. The number of hydrogen-bond donors (Lipinski definition) is 2. The second kappa shape index (κ2) is 11.4. The number of sulfonamides is 1. The zero-order valence-corrected chi connectivity index (χ0v) is 23.3. The first-order valence-electron chi connectivity index (χ1n) is 13.3. The molecule has 0 aromatic heterocycles. The molecule has 11 heteroatoms. The Bertz CT molecular complexity index is 1320. The van der Waals surface area contributed by atoms with Crippen LogP contribution in [0.25, 0.3) is 0 Å². The van der Waals surface area contributed by atoms with Crippen LogP contribution in [0, 0.1) is 17.7 Å². The average Bonchev–Trinajstić information content (AvgIpc) is 3.12. The molecule has 2 aromatic carbocycles. The third kappa shape index (κ3) is 5.99. The molecular formula is C28H35FN4O5S. The van der Waals surface area contributed by atoms with Gasteiger partial charge in [-0.05, 0) is 66.6 Å². The van der Waals surface area contributed by atoms with Gasteiger partial charge in [-0.25, -0.2) is 17.6 Å². The lowest BCUT2D eigenvalue weighted by molar-refractivity contribution is -0.134. The molecule has 2 aromatic rings. The summed E-state index contributed by atoms with van der Waals surface area (Å²) in [5, 5.41) is 5.36. The summed E-state index contributed by atoms with van der Waals surface area (Å²) in [7, 11) is -3.66. The number of hydrogen-bond acceptors (Lipinski definition) is 5. The van der Waals surface area contributed by atoms with E-state index in [2.05, 4.69) is 10.6 Å². The summed E-state index contributed by atoms with van der Waals surface area (Å²) in [5.74, 6) is -1.10. The third-order valence-corrected chi connectivity index (χ3v) is 9.18. The summed E-state index contributed by atoms with van der Waals surface area (Å²) in [4.78, 5) is 40.1. The lowest BCUT2D eigenvalue weighted by Gasteiger charge is -2.34. The van der Waals surface area contributed by atoms with Crippen molar-refractivity contribution in [3.05, 3.63) is 59.9 Å². The minimum absolute atomic E-state index is 0.135. The summed E-state index contributed by atoms with van der Waals surface area (Å²) < 4.78 is 41.3. The summed E-state index contributed by atoms with van der Waals surface area (Å²) >= 11 is 0. The van der Waals surface area contributed by atoms with Crippen LogP contribution in [0.2, 0.25) is 0 Å². The molecule has 2 heterocycles. The zero-order chi connectivity index (χ0) is 28.4. The predicted octanol–water partition coefficient (Wildman–Crippen LogP) is 4.07. The lowest BCUT2D eigenvalue weighted by Crippen LogP contribution is -2.44. The number of imide groups is 1.